The van der Waals surface area contributed by atoms with Crippen molar-refractivity contribution in [3.05, 3.63) is 63.9 Å². The second kappa shape index (κ2) is 5.92. The van der Waals surface area contributed by atoms with E-state index in [0.29, 0.717) is 10.7 Å². The Balaban J connectivity index is 2.24. The Morgan fingerprint density at radius 1 is 1.16 bits per heavy atom. The number of nitrogens with zero attached hydrogens (tertiary/aromatic N) is 1. The minimum absolute atomic E-state index is 0.00721. The van der Waals surface area contributed by atoms with Crippen LogP contribution in [0.5, 0.6) is 0 Å². The maximum atomic E-state index is 13.1. The minimum atomic E-state index is -0.583. The fraction of sp³-hybridized carbons (Fsp3) is 0.0714. The lowest BCUT2D eigenvalue weighted by molar-refractivity contribution is 0.628. The van der Waals surface area contributed by atoms with Crippen LogP contribution in [0, 0.1) is 17.1 Å². The van der Waals surface area contributed by atoms with Crippen LogP contribution in [0.25, 0.3) is 0 Å². The van der Waals surface area contributed by atoms with Crippen molar-refractivity contribution in [1.82, 2.24) is 0 Å². The van der Waals surface area contributed by atoms with E-state index >= 15 is 0 Å². The lowest BCUT2D eigenvalue weighted by Crippen LogP contribution is -2.08. The summed E-state index contributed by atoms with van der Waals surface area (Å²) in [4.78, 5) is 0. The average Bonchev–Trinajstić information content (AvgIpc) is 2.40. The van der Waals surface area contributed by atoms with Gasteiger partial charge in [-0.25, -0.2) is 4.39 Å². The molecular weight excluding hydrogens is 286 g/mol. The molecule has 1 atom stereocenters. The van der Waals surface area contributed by atoms with Gasteiger partial charge in [-0.2, -0.15) is 5.26 Å². The first-order chi connectivity index (χ1) is 9.10. The van der Waals surface area contributed by atoms with Crippen molar-refractivity contribution >= 4 is 28.9 Å². The largest absolute Gasteiger partial charge is 0.366 e. The van der Waals surface area contributed by atoms with Crippen LogP contribution >= 0.6 is 23.2 Å². The number of nitriles is 1. The minimum Gasteiger partial charge on any atom is -0.366 e. The van der Waals surface area contributed by atoms with E-state index < -0.39 is 11.9 Å². The predicted octanol–water partition coefficient (Wildman–Crippen LogP) is 4.81. The van der Waals surface area contributed by atoms with Crippen LogP contribution in [-0.4, -0.2) is 0 Å². The molecule has 0 bridgehead atoms. The van der Waals surface area contributed by atoms with Crippen LogP contribution in [0.4, 0.5) is 10.1 Å². The predicted molar refractivity (Wildman–Crippen MR) is 74.8 cm³/mol. The smallest absolute Gasteiger partial charge is 0.141 e. The summed E-state index contributed by atoms with van der Waals surface area (Å²) in [5.74, 6) is -0.497. The Labute approximate surface area is 120 Å². The first kappa shape index (κ1) is 13.7. The molecule has 0 aliphatic rings. The van der Waals surface area contributed by atoms with Gasteiger partial charge in [0, 0.05) is 10.7 Å². The molecule has 0 amide bonds. The monoisotopic (exact) mass is 294 g/mol. The Morgan fingerprint density at radius 2 is 1.95 bits per heavy atom. The van der Waals surface area contributed by atoms with Crippen LogP contribution < -0.4 is 5.32 Å². The number of hydrogen-bond acceptors (Lipinski definition) is 2. The van der Waals surface area contributed by atoms with E-state index in [0.717, 1.165) is 5.56 Å². The molecule has 0 aromatic heterocycles. The van der Waals surface area contributed by atoms with E-state index in [1.54, 1.807) is 24.3 Å². The van der Waals surface area contributed by atoms with Crippen molar-refractivity contribution in [2.75, 3.05) is 5.32 Å². The zero-order valence-corrected chi connectivity index (χ0v) is 11.2. The van der Waals surface area contributed by atoms with E-state index in [2.05, 4.69) is 11.4 Å². The molecule has 2 nitrogen and oxygen atoms in total. The third-order valence-electron chi connectivity index (χ3n) is 2.54. The molecule has 2 aromatic carbocycles. The number of anilines is 1. The van der Waals surface area contributed by atoms with Gasteiger partial charge in [0.15, 0.2) is 0 Å². The van der Waals surface area contributed by atoms with Gasteiger partial charge in [-0.05, 0) is 35.9 Å². The van der Waals surface area contributed by atoms with Crippen molar-refractivity contribution in [1.29, 1.82) is 5.26 Å². The second-order valence-corrected chi connectivity index (χ2v) is 4.73. The number of benzene rings is 2. The summed E-state index contributed by atoms with van der Waals surface area (Å²) in [6.07, 6.45) is 0. The zero-order valence-electron chi connectivity index (χ0n) is 9.70. The molecular formula is C14H9Cl2FN2. The molecule has 1 N–H and O–H groups in total. The molecule has 5 heteroatoms. The third kappa shape index (κ3) is 3.37. The molecule has 19 heavy (non-hydrogen) atoms. The molecule has 0 aliphatic heterocycles. The number of hydrogen-bond donors (Lipinski definition) is 1. The molecule has 0 saturated heterocycles. The highest BCUT2D eigenvalue weighted by Gasteiger charge is 2.11. The van der Waals surface area contributed by atoms with Gasteiger partial charge in [0.05, 0.1) is 11.1 Å². The standard InChI is InChI=1S/C14H9Cl2FN2/c15-10-3-1-2-9(6-10)14(8-18)19-11-4-5-13(17)12(16)7-11/h1-7,14,19H. The van der Waals surface area contributed by atoms with Gasteiger partial charge < -0.3 is 5.32 Å². The van der Waals surface area contributed by atoms with Gasteiger partial charge in [0.25, 0.3) is 0 Å². The molecule has 1 unspecified atom stereocenters. The maximum Gasteiger partial charge on any atom is 0.141 e. The van der Waals surface area contributed by atoms with E-state index in [1.165, 1.54) is 18.2 Å². The van der Waals surface area contributed by atoms with E-state index in [9.17, 15) is 9.65 Å². The fourth-order valence-electron chi connectivity index (χ4n) is 1.63. The van der Waals surface area contributed by atoms with Crippen LogP contribution in [0.2, 0.25) is 10.0 Å². The number of halogens is 3. The van der Waals surface area contributed by atoms with E-state index in [-0.39, 0.29) is 5.02 Å². The normalized spacial score (nSPS) is 11.7. The molecule has 0 radical (unpaired) electrons. The molecule has 0 aliphatic carbocycles. The molecule has 0 saturated carbocycles. The second-order valence-electron chi connectivity index (χ2n) is 3.89. The highest BCUT2D eigenvalue weighted by Crippen LogP contribution is 2.24. The Morgan fingerprint density at radius 3 is 2.58 bits per heavy atom. The Kier molecular flexibility index (Phi) is 4.26. The summed E-state index contributed by atoms with van der Waals surface area (Å²) in [7, 11) is 0. The van der Waals surface area contributed by atoms with Gasteiger partial charge in [0.2, 0.25) is 0 Å². The van der Waals surface area contributed by atoms with Crippen LogP contribution in [-0.2, 0) is 0 Å². The Bertz CT molecular complexity index is 638. The van der Waals surface area contributed by atoms with Crippen LogP contribution in [0.15, 0.2) is 42.5 Å². The third-order valence-corrected chi connectivity index (χ3v) is 3.07. The topological polar surface area (TPSA) is 35.8 Å². The summed E-state index contributed by atoms with van der Waals surface area (Å²) < 4.78 is 13.1. The van der Waals surface area contributed by atoms with Crippen molar-refractivity contribution in [2.45, 2.75) is 6.04 Å². The summed E-state index contributed by atoms with van der Waals surface area (Å²) in [5, 5.41) is 12.7. The number of rotatable bonds is 3. The molecule has 0 spiro atoms. The molecule has 0 heterocycles. The molecule has 2 rings (SSSR count). The summed E-state index contributed by atoms with van der Waals surface area (Å²) in [5.41, 5.74) is 1.30. The molecule has 96 valence electrons. The van der Waals surface area contributed by atoms with E-state index in [1.807, 2.05) is 0 Å². The fourth-order valence-corrected chi connectivity index (χ4v) is 2.01. The van der Waals surface area contributed by atoms with Crippen molar-refractivity contribution < 1.29 is 4.39 Å². The van der Waals surface area contributed by atoms with E-state index in [4.69, 9.17) is 23.2 Å². The summed E-state index contributed by atoms with van der Waals surface area (Å²) >= 11 is 11.6. The maximum absolute atomic E-state index is 13.1. The lowest BCUT2D eigenvalue weighted by Gasteiger charge is -2.14. The molecule has 2 aromatic rings. The van der Waals surface area contributed by atoms with Gasteiger partial charge in [-0.3, -0.25) is 0 Å². The highest BCUT2D eigenvalue weighted by molar-refractivity contribution is 6.31. The van der Waals surface area contributed by atoms with Crippen LogP contribution in [0.1, 0.15) is 11.6 Å². The van der Waals surface area contributed by atoms with Gasteiger partial charge in [-0.1, -0.05) is 35.3 Å². The summed E-state index contributed by atoms with van der Waals surface area (Å²) in [6, 6.07) is 12.7. The van der Waals surface area contributed by atoms with Gasteiger partial charge >= 0.3 is 0 Å². The zero-order chi connectivity index (χ0) is 13.8. The quantitative estimate of drug-likeness (QED) is 0.882. The summed E-state index contributed by atoms with van der Waals surface area (Å²) in [6.45, 7) is 0. The lowest BCUT2D eigenvalue weighted by atomic mass is 10.1. The molecule has 0 fully saturated rings. The first-order valence-corrected chi connectivity index (χ1v) is 6.22. The van der Waals surface area contributed by atoms with Crippen molar-refractivity contribution in [2.24, 2.45) is 0 Å². The van der Waals surface area contributed by atoms with Gasteiger partial charge in [0.1, 0.15) is 11.9 Å². The van der Waals surface area contributed by atoms with Crippen molar-refractivity contribution in [3.63, 3.8) is 0 Å². The average molecular weight is 295 g/mol. The highest BCUT2D eigenvalue weighted by atomic mass is 35.5. The first-order valence-electron chi connectivity index (χ1n) is 5.47. The Hall–Kier alpha value is -1.76. The van der Waals surface area contributed by atoms with Crippen molar-refractivity contribution in [3.8, 4) is 6.07 Å². The number of nitrogens with one attached hydrogen (secondary N) is 1. The van der Waals surface area contributed by atoms with Crippen LogP contribution in [0.3, 0.4) is 0 Å². The SMILES string of the molecule is N#CC(Nc1ccc(F)c(Cl)c1)c1cccc(Cl)c1. The van der Waals surface area contributed by atoms with Gasteiger partial charge in [-0.15, -0.1) is 0 Å².